The Bertz CT molecular complexity index is 560. The van der Waals surface area contributed by atoms with E-state index in [9.17, 15) is 4.79 Å². The molecule has 0 N–H and O–H groups in total. The summed E-state index contributed by atoms with van der Waals surface area (Å²) in [7, 11) is 0. The van der Waals surface area contributed by atoms with Gasteiger partial charge < -0.3 is 17.0 Å². The first-order valence-electron chi connectivity index (χ1n) is 6.18. The van der Waals surface area contributed by atoms with Crippen LogP contribution >= 0.6 is 11.3 Å². The summed E-state index contributed by atoms with van der Waals surface area (Å²) in [6.45, 7) is 6.65. The molecule has 0 bridgehead atoms. The molecule has 0 radical (unpaired) electrons. The second-order valence-corrected chi connectivity index (χ2v) is 5.44. The van der Waals surface area contributed by atoms with Crippen LogP contribution in [0.5, 0.6) is 0 Å². The Balaban J connectivity index is 0.00000180. The number of thiazole rings is 1. The summed E-state index contributed by atoms with van der Waals surface area (Å²) < 4.78 is 2.12. The van der Waals surface area contributed by atoms with Crippen molar-refractivity contribution in [2.75, 3.05) is 0 Å². The Labute approximate surface area is 128 Å². The van der Waals surface area contributed by atoms with Gasteiger partial charge in [-0.3, -0.25) is 4.79 Å². The van der Waals surface area contributed by atoms with Gasteiger partial charge in [0, 0.05) is 18.9 Å². The number of ketones is 1. The number of aryl methyl sites for hydroxylation is 3. The van der Waals surface area contributed by atoms with Crippen LogP contribution in [0.25, 0.3) is 0 Å². The molecule has 1 aromatic heterocycles. The zero-order valence-electron chi connectivity index (χ0n) is 11.4. The molecule has 0 saturated heterocycles. The van der Waals surface area contributed by atoms with E-state index in [4.69, 9.17) is 0 Å². The third-order valence-electron chi connectivity index (χ3n) is 3.07. The molecule has 0 aliphatic heterocycles. The van der Waals surface area contributed by atoms with Crippen LogP contribution < -0.4 is 21.5 Å². The van der Waals surface area contributed by atoms with Crippen molar-refractivity contribution in [2.45, 2.75) is 33.7 Å². The van der Waals surface area contributed by atoms with E-state index in [0.29, 0.717) is 6.54 Å². The molecule has 0 atom stereocenters. The van der Waals surface area contributed by atoms with Crippen LogP contribution in [0, 0.1) is 13.8 Å². The number of halogens is 1. The lowest BCUT2D eigenvalue weighted by Gasteiger charge is -2.00. The maximum atomic E-state index is 12.2. The van der Waals surface area contributed by atoms with E-state index in [1.807, 2.05) is 31.2 Å². The van der Waals surface area contributed by atoms with Gasteiger partial charge in [0.05, 0.1) is 5.38 Å². The molecule has 4 heteroatoms. The van der Waals surface area contributed by atoms with E-state index < -0.39 is 0 Å². The fraction of sp³-hybridized carbons (Fsp3) is 0.333. The highest BCUT2D eigenvalue weighted by Gasteiger charge is 2.20. The Morgan fingerprint density at radius 1 is 1.21 bits per heavy atom. The van der Waals surface area contributed by atoms with Crippen molar-refractivity contribution in [1.82, 2.24) is 0 Å². The van der Waals surface area contributed by atoms with Crippen LogP contribution in [0.2, 0.25) is 0 Å². The summed E-state index contributed by atoms with van der Waals surface area (Å²) in [5, 5.41) is 3.37. The summed E-state index contributed by atoms with van der Waals surface area (Å²) in [6, 6.07) is 7.79. The molecule has 0 saturated carbocycles. The molecule has 1 heterocycles. The highest BCUT2D eigenvalue weighted by atomic mass is 79.9. The standard InChI is InChI=1S/C15H18NOS.BrH/c1-4-15-16(12(3)10-18-15)9-14(17)13-7-5-11(2)6-8-13;/h5-8,10H,4,9H2,1-3H3;1H/q+1;/p-1. The summed E-state index contributed by atoms with van der Waals surface area (Å²) >= 11 is 1.73. The van der Waals surface area contributed by atoms with Crippen molar-refractivity contribution in [3.63, 3.8) is 0 Å². The molecule has 2 nitrogen and oxygen atoms in total. The topological polar surface area (TPSA) is 20.9 Å². The highest BCUT2D eigenvalue weighted by molar-refractivity contribution is 7.09. The van der Waals surface area contributed by atoms with Crippen molar-refractivity contribution < 1.29 is 26.3 Å². The fourth-order valence-corrected chi connectivity index (χ4v) is 2.87. The van der Waals surface area contributed by atoms with Crippen molar-refractivity contribution in [3.05, 3.63) is 51.5 Å². The molecule has 19 heavy (non-hydrogen) atoms. The van der Waals surface area contributed by atoms with E-state index in [-0.39, 0.29) is 22.8 Å². The third kappa shape index (κ3) is 3.74. The zero-order chi connectivity index (χ0) is 13.1. The molecule has 1 aromatic carbocycles. The van der Waals surface area contributed by atoms with Gasteiger partial charge in [-0.25, -0.2) is 0 Å². The second-order valence-electron chi connectivity index (χ2n) is 4.50. The molecule has 102 valence electrons. The molecule has 2 rings (SSSR count). The average Bonchev–Trinajstić information content (AvgIpc) is 2.71. The van der Waals surface area contributed by atoms with Gasteiger partial charge in [-0.15, -0.1) is 0 Å². The van der Waals surface area contributed by atoms with E-state index in [1.165, 1.54) is 10.6 Å². The van der Waals surface area contributed by atoms with Gasteiger partial charge in [-0.2, -0.15) is 4.57 Å². The number of hydrogen-bond acceptors (Lipinski definition) is 2. The number of benzene rings is 1. The largest absolute Gasteiger partial charge is 1.00 e. The normalized spacial score (nSPS) is 10.1. The van der Waals surface area contributed by atoms with Crippen molar-refractivity contribution in [3.8, 4) is 0 Å². The van der Waals surface area contributed by atoms with Gasteiger partial charge in [-0.05, 0) is 6.92 Å². The maximum absolute atomic E-state index is 12.2. The summed E-state index contributed by atoms with van der Waals surface area (Å²) in [5.41, 5.74) is 3.14. The smallest absolute Gasteiger partial charge is 0.237 e. The van der Waals surface area contributed by atoms with E-state index >= 15 is 0 Å². The number of hydrogen-bond donors (Lipinski definition) is 0. The quantitative estimate of drug-likeness (QED) is 0.571. The number of carbonyl (C=O) groups excluding carboxylic acids is 1. The lowest BCUT2D eigenvalue weighted by atomic mass is 10.1. The molecule has 0 spiro atoms. The molecular weight excluding hydrogens is 322 g/mol. The molecule has 0 unspecified atom stereocenters. The molecular formula is C15H18BrNOS. The minimum Gasteiger partial charge on any atom is -1.00 e. The van der Waals surface area contributed by atoms with E-state index in [0.717, 1.165) is 17.7 Å². The molecule has 2 aromatic rings. The van der Waals surface area contributed by atoms with Gasteiger partial charge in [0.2, 0.25) is 17.3 Å². The lowest BCUT2D eigenvalue weighted by molar-refractivity contribution is -0.691. The summed E-state index contributed by atoms with van der Waals surface area (Å²) in [6.07, 6.45) is 0.972. The first-order chi connectivity index (χ1) is 8.61. The Morgan fingerprint density at radius 3 is 2.42 bits per heavy atom. The van der Waals surface area contributed by atoms with Crippen LogP contribution in [-0.4, -0.2) is 5.78 Å². The number of rotatable bonds is 4. The summed E-state index contributed by atoms with van der Waals surface area (Å²) in [4.78, 5) is 12.2. The SMILES string of the molecule is CCc1scc(C)[n+]1CC(=O)c1ccc(C)cc1.[Br-]. The predicted octanol–water partition coefficient (Wildman–Crippen LogP) is 0.102. The first kappa shape index (κ1) is 16.1. The van der Waals surface area contributed by atoms with Crippen molar-refractivity contribution in [1.29, 1.82) is 0 Å². The third-order valence-corrected chi connectivity index (χ3v) is 4.31. The van der Waals surface area contributed by atoms with Crippen LogP contribution in [0.4, 0.5) is 0 Å². The summed E-state index contributed by atoms with van der Waals surface area (Å²) in [5.74, 6) is 0.177. The van der Waals surface area contributed by atoms with Gasteiger partial charge in [0.25, 0.3) is 0 Å². The number of Topliss-reactive ketones (excluding diaryl/α,β-unsaturated/α-hetero) is 1. The molecule has 0 aliphatic carbocycles. The number of nitrogens with zero attached hydrogens (tertiary/aromatic N) is 1. The Morgan fingerprint density at radius 2 is 1.84 bits per heavy atom. The molecule has 0 aliphatic rings. The van der Waals surface area contributed by atoms with Crippen LogP contribution in [-0.2, 0) is 13.0 Å². The van der Waals surface area contributed by atoms with Gasteiger partial charge >= 0.3 is 0 Å². The van der Waals surface area contributed by atoms with Gasteiger partial charge in [0.1, 0.15) is 0 Å². The van der Waals surface area contributed by atoms with E-state index in [1.54, 1.807) is 11.3 Å². The van der Waals surface area contributed by atoms with Crippen LogP contribution in [0.3, 0.4) is 0 Å². The zero-order valence-corrected chi connectivity index (χ0v) is 13.8. The Hall–Kier alpha value is -1.000. The molecule has 0 amide bonds. The minimum absolute atomic E-state index is 0. The number of carbonyl (C=O) groups is 1. The average molecular weight is 340 g/mol. The van der Waals surface area contributed by atoms with E-state index in [2.05, 4.69) is 23.8 Å². The highest BCUT2D eigenvalue weighted by Crippen LogP contribution is 2.09. The molecule has 0 fully saturated rings. The van der Waals surface area contributed by atoms with Crippen LogP contribution in [0.1, 0.15) is 33.5 Å². The van der Waals surface area contributed by atoms with Crippen molar-refractivity contribution >= 4 is 17.1 Å². The van der Waals surface area contributed by atoms with Gasteiger partial charge in [-0.1, -0.05) is 48.1 Å². The monoisotopic (exact) mass is 339 g/mol. The van der Waals surface area contributed by atoms with Crippen molar-refractivity contribution in [2.24, 2.45) is 0 Å². The van der Waals surface area contributed by atoms with Crippen LogP contribution in [0.15, 0.2) is 29.6 Å². The fourth-order valence-electron chi connectivity index (χ4n) is 1.94. The number of aromatic nitrogens is 1. The Kier molecular flexibility index (Phi) is 5.88. The lowest BCUT2D eigenvalue weighted by Crippen LogP contribution is -3.00. The predicted molar refractivity (Wildman–Crippen MR) is 74.1 cm³/mol. The van der Waals surface area contributed by atoms with Gasteiger partial charge in [0.15, 0.2) is 5.69 Å². The maximum Gasteiger partial charge on any atom is 0.237 e. The first-order valence-corrected chi connectivity index (χ1v) is 7.06. The second kappa shape index (κ2) is 6.96. The minimum atomic E-state index is 0.